The van der Waals surface area contributed by atoms with Gasteiger partial charge in [0, 0.05) is 22.9 Å². The number of nitrogens with one attached hydrogen (secondary N) is 2. The van der Waals surface area contributed by atoms with Crippen molar-refractivity contribution < 1.29 is 9.53 Å². The van der Waals surface area contributed by atoms with Crippen LogP contribution in [0.5, 0.6) is 5.75 Å². The molecule has 27 heavy (non-hydrogen) atoms. The van der Waals surface area contributed by atoms with Crippen molar-refractivity contribution in [1.29, 1.82) is 0 Å². The third-order valence-corrected chi connectivity index (χ3v) is 4.19. The van der Waals surface area contributed by atoms with Gasteiger partial charge in [0.05, 0.1) is 12.8 Å². The van der Waals surface area contributed by atoms with Crippen LogP contribution in [-0.2, 0) is 6.42 Å². The molecular formula is C19H21N5O3. The van der Waals surface area contributed by atoms with Crippen LogP contribution < -0.4 is 15.6 Å². The maximum atomic E-state index is 12.6. The van der Waals surface area contributed by atoms with E-state index in [2.05, 4.69) is 20.4 Å². The lowest BCUT2D eigenvalue weighted by atomic mass is 10.2. The van der Waals surface area contributed by atoms with Crippen molar-refractivity contribution in [3.8, 4) is 11.7 Å². The molecule has 2 aromatic heterocycles. The summed E-state index contributed by atoms with van der Waals surface area (Å²) in [4.78, 5) is 32.0. The van der Waals surface area contributed by atoms with Gasteiger partial charge in [-0.05, 0) is 44.5 Å². The van der Waals surface area contributed by atoms with E-state index in [-0.39, 0.29) is 17.4 Å². The van der Waals surface area contributed by atoms with Crippen LogP contribution in [0.2, 0.25) is 0 Å². The van der Waals surface area contributed by atoms with Crippen LogP contribution in [0.4, 0.5) is 5.82 Å². The van der Waals surface area contributed by atoms with Gasteiger partial charge in [0.25, 0.3) is 11.5 Å². The lowest BCUT2D eigenvalue weighted by molar-refractivity contribution is 0.102. The van der Waals surface area contributed by atoms with Gasteiger partial charge in [0.15, 0.2) is 0 Å². The van der Waals surface area contributed by atoms with Gasteiger partial charge in [-0.15, -0.1) is 0 Å². The average molecular weight is 367 g/mol. The molecule has 0 spiro atoms. The number of hydrogen-bond acceptors (Lipinski definition) is 5. The number of hydrogen-bond donors (Lipinski definition) is 2. The molecule has 0 aliphatic carbocycles. The van der Waals surface area contributed by atoms with E-state index in [1.54, 1.807) is 51.3 Å². The van der Waals surface area contributed by atoms with E-state index in [9.17, 15) is 9.59 Å². The first-order valence-electron chi connectivity index (χ1n) is 8.55. The largest absolute Gasteiger partial charge is 0.497 e. The van der Waals surface area contributed by atoms with E-state index in [4.69, 9.17) is 4.74 Å². The molecule has 2 heterocycles. The Kier molecular flexibility index (Phi) is 5.07. The van der Waals surface area contributed by atoms with Crippen LogP contribution in [0.15, 0.2) is 35.1 Å². The first-order chi connectivity index (χ1) is 12.9. The number of H-pyrrole nitrogens is 1. The van der Waals surface area contributed by atoms with Crippen molar-refractivity contribution in [3.05, 3.63) is 63.2 Å². The van der Waals surface area contributed by atoms with Crippen LogP contribution in [0.1, 0.15) is 34.2 Å². The minimum absolute atomic E-state index is 0.208. The fourth-order valence-corrected chi connectivity index (χ4v) is 2.79. The van der Waals surface area contributed by atoms with Gasteiger partial charge in [0.2, 0.25) is 5.95 Å². The molecule has 0 saturated heterocycles. The Morgan fingerprint density at radius 1 is 1.26 bits per heavy atom. The lowest BCUT2D eigenvalue weighted by Gasteiger charge is -2.10. The summed E-state index contributed by atoms with van der Waals surface area (Å²) >= 11 is 0. The van der Waals surface area contributed by atoms with E-state index in [0.29, 0.717) is 40.5 Å². The van der Waals surface area contributed by atoms with E-state index >= 15 is 0 Å². The van der Waals surface area contributed by atoms with Gasteiger partial charge in [-0.2, -0.15) is 9.78 Å². The molecule has 3 aromatic rings. The van der Waals surface area contributed by atoms with E-state index < -0.39 is 0 Å². The molecule has 0 aliphatic heterocycles. The fourth-order valence-electron chi connectivity index (χ4n) is 2.79. The SMILES string of the molecule is CCc1c(C)nc(-n2nc(C)cc2NC(=O)c2ccc(OC)cc2)[nH]c1=O. The molecule has 8 heteroatoms. The highest BCUT2D eigenvalue weighted by Gasteiger charge is 2.15. The predicted molar refractivity (Wildman–Crippen MR) is 102 cm³/mol. The maximum absolute atomic E-state index is 12.6. The summed E-state index contributed by atoms with van der Waals surface area (Å²) in [5, 5.41) is 7.15. The number of aromatic amines is 1. The van der Waals surface area contributed by atoms with Crippen molar-refractivity contribution in [1.82, 2.24) is 19.7 Å². The standard InChI is InChI=1S/C19H21N5O3/c1-5-15-12(3)20-19(22-18(15)26)24-16(10-11(2)23-24)21-17(25)13-6-8-14(27-4)9-7-13/h6-10H,5H2,1-4H3,(H,21,25)(H,20,22,26). The molecule has 0 radical (unpaired) electrons. The predicted octanol–water partition coefficient (Wildman–Crippen LogP) is 2.40. The summed E-state index contributed by atoms with van der Waals surface area (Å²) in [7, 11) is 1.57. The number of anilines is 1. The zero-order valence-corrected chi connectivity index (χ0v) is 15.7. The molecule has 2 N–H and O–H groups in total. The number of nitrogens with zero attached hydrogens (tertiary/aromatic N) is 3. The summed E-state index contributed by atoms with van der Waals surface area (Å²) in [5.74, 6) is 1.04. The molecule has 0 unspecified atom stereocenters. The van der Waals surface area contributed by atoms with Gasteiger partial charge < -0.3 is 10.1 Å². The highest BCUT2D eigenvalue weighted by molar-refractivity contribution is 6.04. The number of benzene rings is 1. The van der Waals surface area contributed by atoms with Gasteiger partial charge >= 0.3 is 0 Å². The molecule has 0 saturated carbocycles. The molecule has 1 aromatic carbocycles. The summed E-state index contributed by atoms with van der Waals surface area (Å²) in [5.41, 5.74) is 2.21. The molecule has 140 valence electrons. The van der Waals surface area contributed by atoms with Crippen LogP contribution in [0.3, 0.4) is 0 Å². The Bertz CT molecular complexity index is 1030. The van der Waals surface area contributed by atoms with Crippen LogP contribution in [0, 0.1) is 13.8 Å². The van der Waals surface area contributed by atoms with Crippen LogP contribution in [-0.4, -0.2) is 32.8 Å². The van der Waals surface area contributed by atoms with Gasteiger partial charge in [-0.25, -0.2) is 4.98 Å². The van der Waals surface area contributed by atoms with E-state index in [0.717, 1.165) is 0 Å². The van der Waals surface area contributed by atoms with Crippen molar-refractivity contribution in [2.24, 2.45) is 0 Å². The van der Waals surface area contributed by atoms with Crippen molar-refractivity contribution in [3.63, 3.8) is 0 Å². The zero-order valence-electron chi connectivity index (χ0n) is 15.7. The Labute approximate surface area is 156 Å². The van der Waals surface area contributed by atoms with E-state index in [1.807, 2.05) is 6.92 Å². The number of carbonyl (C=O) groups excluding carboxylic acids is 1. The third kappa shape index (κ3) is 3.74. The Morgan fingerprint density at radius 3 is 2.56 bits per heavy atom. The summed E-state index contributed by atoms with van der Waals surface area (Å²) in [6.45, 7) is 5.48. The maximum Gasteiger partial charge on any atom is 0.256 e. The van der Waals surface area contributed by atoms with Crippen LogP contribution in [0.25, 0.3) is 5.95 Å². The number of carbonyl (C=O) groups is 1. The monoisotopic (exact) mass is 367 g/mol. The smallest absolute Gasteiger partial charge is 0.256 e. The number of methoxy groups -OCH3 is 1. The quantitative estimate of drug-likeness (QED) is 0.721. The summed E-state index contributed by atoms with van der Waals surface area (Å²) < 4.78 is 6.52. The number of aryl methyl sites for hydroxylation is 2. The zero-order chi connectivity index (χ0) is 19.6. The van der Waals surface area contributed by atoms with E-state index in [1.165, 1.54) is 4.68 Å². The summed E-state index contributed by atoms with van der Waals surface area (Å²) in [6.07, 6.45) is 0.591. The first-order valence-corrected chi connectivity index (χ1v) is 8.55. The topological polar surface area (TPSA) is 102 Å². The second-order valence-corrected chi connectivity index (χ2v) is 6.07. The minimum Gasteiger partial charge on any atom is -0.497 e. The molecule has 0 aliphatic rings. The Balaban J connectivity index is 1.94. The average Bonchev–Trinajstić information content (AvgIpc) is 3.01. The lowest BCUT2D eigenvalue weighted by Crippen LogP contribution is -2.22. The number of rotatable bonds is 5. The van der Waals surface area contributed by atoms with Crippen LogP contribution >= 0.6 is 0 Å². The molecule has 1 amide bonds. The third-order valence-electron chi connectivity index (χ3n) is 4.19. The number of amides is 1. The molecule has 0 atom stereocenters. The number of ether oxygens (including phenoxy) is 1. The summed E-state index contributed by atoms with van der Waals surface area (Å²) in [6, 6.07) is 8.47. The molecule has 0 bridgehead atoms. The number of aromatic nitrogens is 4. The second-order valence-electron chi connectivity index (χ2n) is 6.07. The van der Waals surface area contributed by atoms with Crippen molar-refractivity contribution in [2.45, 2.75) is 27.2 Å². The first kappa shape index (κ1) is 18.4. The fraction of sp³-hybridized carbons (Fsp3) is 0.263. The molecular weight excluding hydrogens is 346 g/mol. The Hall–Kier alpha value is -3.42. The highest BCUT2D eigenvalue weighted by Crippen LogP contribution is 2.17. The van der Waals surface area contributed by atoms with Crippen molar-refractivity contribution in [2.75, 3.05) is 12.4 Å². The molecule has 8 nitrogen and oxygen atoms in total. The van der Waals surface area contributed by atoms with Crippen molar-refractivity contribution >= 4 is 11.7 Å². The molecule has 0 fully saturated rings. The minimum atomic E-state index is -0.303. The highest BCUT2D eigenvalue weighted by atomic mass is 16.5. The van der Waals surface area contributed by atoms with Gasteiger partial charge in [0.1, 0.15) is 11.6 Å². The normalized spacial score (nSPS) is 10.7. The second kappa shape index (κ2) is 7.45. The Morgan fingerprint density at radius 2 is 1.96 bits per heavy atom. The van der Waals surface area contributed by atoms with Gasteiger partial charge in [-0.3, -0.25) is 14.6 Å². The van der Waals surface area contributed by atoms with Gasteiger partial charge in [-0.1, -0.05) is 6.92 Å². The molecule has 3 rings (SSSR count).